The molecule has 0 bridgehead atoms. The maximum Gasteiger partial charge on any atom is 0.121 e. The fraction of sp³-hybridized carbons (Fsp3) is 0.462. The zero-order valence-electron chi connectivity index (χ0n) is 9.33. The fourth-order valence-corrected chi connectivity index (χ4v) is 2.02. The predicted octanol–water partition coefficient (Wildman–Crippen LogP) is 3.21. The molecule has 1 fully saturated rings. The van der Waals surface area contributed by atoms with Crippen molar-refractivity contribution in [1.29, 1.82) is 5.26 Å². The van der Waals surface area contributed by atoms with Crippen LogP contribution in [0.2, 0.25) is 5.02 Å². The lowest BCUT2D eigenvalue weighted by Gasteiger charge is -2.14. The Hall–Kier alpha value is -1.04. The van der Waals surface area contributed by atoms with Gasteiger partial charge in [0.2, 0.25) is 0 Å². The second-order valence-electron chi connectivity index (χ2n) is 4.41. The average molecular weight is 235 g/mol. The normalized spacial score (nSPS) is 16.8. The molecule has 3 heteroatoms. The number of rotatable bonds is 4. The second kappa shape index (κ2) is 4.86. The zero-order chi connectivity index (χ0) is 11.5. The van der Waals surface area contributed by atoms with Crippen molar-refractivity contribution in [2.75, 3.05) is 6.54 Å². The molecule has 0 heterocycles. The Kier molecular flexibility index (Phi) is 3.48. The second-order valence-corrected chi connectivity index (χ2v) is 4.85. The number of hydrogen-bond acceptors (Lipinski definition) is 2. The van der Waals surface area contributed by atoms with E-state index in [1.54, 1.807) is 0 Å². The molecule has 1 aliphatic rings. The number of benzene rings is 1. The molecule has 1 aromatic rings. The van der Waals surface area contributed by atoms with Gasteiger partial charge < -0.3 is 0 Å². The monoisotopic (exact) mass is 234 g/mol. The van der Waals surface area contributed by atoms with Crippen molar-refractivity contribution >= 4 is 11.6 Å². The van der Waals surface area contributed by atoms with Gasteiger partial charge in [0.15, 0.2) is 0 Å². The van der Waals surface area contributed by atoms with Crippen LogP contribution in [0.5, 0.6) is 0 Å². The Morgan fingerprint density at radius 3 is 2.88 bits per heavy atom. The van der Waals surface area contributed by atoms with Crippen LogP contribution in [0.25, 0.3) is 0 Å². The SMILES string of the molecule is Cc1cc(Cl)ccc1C(C#N)NCC1CC1. The third-order valence-corrected chi connectivity index (χ3v) is 3.21. The molecule has 0 aromatic heterocycles. The fourth-order valence-electron chi connectivity index (χ4n) is 1.79. The van der Waals surface area contributed by atoms with E-state index in [0.717, 1.165) is 28.6 Å². The first-order valence-electron chi connectivity index (χ1n) is 5.59. The van der Waals surface area contributed by atoms with Gasteiger partial charge >= 0.3 is 0 Å². The van der Waals surface area contributed by atoms with Crippen LogP contribution in [-0.2, 0) is 0 Å². The maximum absolute atomic E-state index is 9.16. The van der Waals surface area contributed by atoms with E-state index >= 15 is 0 Å². The lowest BCUT2D eigenvalue weighted by Crippen LogP contribution is -2.22. The van der Waals surface area contributed by atoms with Gasteiger partial charge in [0, 0.05) is 5.02 Å². The largest absolute Gasteiger partial charge is 0.298 e. The van der Waals surface area contributed by atoms with Gasteiger partial charge in [-0.25, -0.2) is 0 Å². The van der Waals surface area contributed by atoms with E-state index in [2.05, 4.69) is 11.4 Å². The smallest absolute Gasteiger partial charge is 0.121 e. The number of nitriles is 1. The summed E-state index contributed by atoms with van der Waals surface area (Å²) in [5.41, 5.74) is 2.11. The van der Waals surface area contributed by atoms with Gasteiger partial charge in [-0.1, -0.05) is 17.7 Å². The first kappa shape index (κ1) is 11.4. The lowest BCUT2D eigenvalue weighted by molar-refractivity contribution is 0.591. The first-order valence-corrected chi connectivity index (χ1v) is 5.97. The van der Waals surface area contributed by atoms with E-state index in [1.165, 1.54) is 12.8 Å². The lowest BCUT2D eigenvalue weighted by atomic mass is 10.0. The summed E-state index contributed by atoms with van der Waals surface area (Å²) in [7, 11) is 0. The predicted molar refractivity (Wildman–Crippen MR) is 65.3 cm³/mol. The van der Waals surface area contributed by atoms with Gasteiger partial charge in [-0.2, -0.15) is 5.26 Å². The molecule has 0 radical (unpaired) electrons. The molecule has 84 valence electrons. The number of nitrogens with one attached hydrogen (secondary N) is 1. The highest BCUT2D eigenvalue weighted by Crippen LogP contribution is 2.29. The van der Waals surface area contributed by atoms with Crippen molar-refractivity contribution in [3.05, 3.63) is 34.3 Å². The Morgan fingerprint density at radius 1 is 1.56 bits per heavy atom. The van der Waals surface area contributed by atoms with Crippen molar-refractivity contribution in [3.8, 4) is 6.07 Å². The number of aryl methyl sites for hydroxylation is 1. The van der Waals surface area contributed by atoms with Crippen LogP contribution in [0.3, 0.4) is 0 Å². The molecule has 0 amide bonds. The summed E-state index contributed by atoms with van der Waals surface area (Å²) in [5, 5.41) is 13.2. The molecule has 2 nitrogen and oxygen atoms in total. The van der Waals surface area contributed by atoms with Gasteiger partial charge in [0.25, 0.3) is 0 Å². The summed E-state index contributed by atoms with van der Waals surface area (Å²) in [6.45, 7) is 2.94. The molecule has 16 heavy (non-hydrogen) atoms. The van der Waals surface area contributed by atoms with Gasteiger partial charge in [0.1, 0.15) is 6.04 Å². The van der Waals surface area contributed by atoms with E-state index < -0.39 is 0 Å². The Labute approximate surface area is 101 Å². The average Bonchev–Trinajstić information content (AvgIpc) is 3.05. The Balaban J connectivity index is 2.09. The van der Waals surface area contributed by atoms with Crippen LogP contribution in [-0.4, -0.2) is 6.54 Å². The number of hydrogen-bond donors (Lipinski definition) is 1. The summed E-state index contributed by atoms with van der Waals surface area (Å²) in [4.78, 5) is 0. The summed E-state index contributed by atoms with van der Waals surface area (Å²) < 4.78 is 0. The van der Waals surface area contributed by atoms with E-state index in [4.69, 9.17) is 16.9 Å². The van der Waals surface area contributed by atoms with Gasteiger partial charge in [-0.05, 0) is 55.5 Å². The molecule has 1 atom stereocenters. The summed E-state index contributed by atoms with van der Waals surface area (Å²) in [6.07, 6.45) is 2.59. The van der Waals surface area contributed by atoms with Crippen LogP contribution in [0.1, 0.15) is 30.0 Å². The van der Waals surface area contributed by atoms with Gasteiger partial charge in [0.05, 0.1) is 6.07 Å². The molecular weight excluding hydrogens is 220 g/mol. The van der Waals surface area contributed by atoms with Crippen molar-refractivity contribution in [1.82, 2.24) is 5.32 Å². The van der Waals surface area contributed by atoms with Crippen molar-refractivity contribution in [2.24, 2.45) is 5.92 Å². The van der Waals surface area contributed by atoms with Crippen LogP contribution in [0, 0.1) is 24.2 Å². The highest BCUT2D eigenvalue weighted by Gasteiger charge is 2.23. The van der Waals surface area contributed by atoms with E-state index in [1.807, 2.05) is 25.1 Å². The Bertz CT molecular complexity index is 418. The van der Waals surface area contributed by atoms with Crippen LogP contribution in [0.4, 0.5) is 0 Å². The minimum absolute atomic E-state index is 0.210. The number of nitrogens with zero attached hydrogens (tertiary/aromatic N) is 1. The van der Waals surface area contributed by atoms with E-state index in [-0.39, 0.29) is 6.04 Å². The Morgan fingerprint density at radius 2 is 2.31 bits per heavy atom. The quantitative estimate of drug-likeness (QED) is 0.869. The van der Waals surface area contributed by atoms with Crippen LogP contribution < -0.4 is 5.32 Å². The van der Waals surface area contributed by atoms with Crippen molar-refractivity contribution < 1.29 is 0 Å². The third-order valence-electron chi connectivity index (χ3n) is 2.98. The third kappa shape index (κ3) is 2.75. The molecule has 2 rings (SSSR count). The summed E-state index contributed by atoms with van der Waals surface area (Å²) in [6, 6.07) is 7.78. The van der Waals surface area contributed by atoms with Gasteiger partial charge in [-0.15, -0.1) is 0 Å². The standard InChI is InChI=1S/C13H15ClN2/c1-9-6-11(14)4-5-12(9)13(7-15)16-8-10-2-3-10/h4-6,10,13,16H,2-3,8H2,1H3. The minimum atomic E-state index is -0.210. The molecule has 0 aliphatic heterocycles. The van der Waals surface area contributed by atoms with Crippen molar-refractivity contribution in [3.63, 3.8) is 0 Å². The van der Waals surface area contributed by atoms with Crippen molar-refractivity contribution in [2.45, 2.75) is 25.8 Å². The summed E-state index contributed by atoms with van der Waals surface area (Å²) >= 11 is 5.90. The highest BCUT2D eigenvalue weighted by atomic mass is 35.5. The topological polar surface area (TPSA) is 35.8 Å². The molecule has 0 saturated heterocycles. The van der Waals surface area contributed by atoms with E-state index in [9.17, 15) is 0 Å². The molecule has 1 saturated carbocycles. The molecule has 1 unspecified atom stereocenters. The minimum Gasteiger partial charge on any atom is -0.298 e. The summed E-state index contributed by atoms with van der Waals surface area (Å²) in [5.74, 6) is 0.781. The zero-order valence-corrected chi connectivity index (χ0v) is 10.1. The molecule has 1 aliphatic carbocycles. The molecule has 0 spiro atoms. The molecular formula is C13H15ClN2. The van der Waals surface area contributed by atoms with Crippen LogP contribution >= 0.6 is 11.6 Å². The van der Waals surface area contributed by atoms with E-state index in [0.29, 0.717) is 0 Å². The maximum atomic E-state index is 9.16. The molecule has 1 N–H and O–H groups in total. The first-order chi connectivity index (χ1) is 7.70. The van der Waals surface area contributed by atoms with Crippen LogP contribution in [0.15, 0.2) is 18.2 Å². The highest BCUT2D eigenvalue weighted by molar-refractivity contribution is 6.30. The molecule has 1 aromatic carbocycles. The van der Waals surface area contributed by atoms with Gasteiger partial charge in [-0.3, -0.25) is 5.32 Å². The number of halogens is 1.